The number of benzene rings is 1. The summed E-state index contributed by atoms with van der Waals surface area (Å²) in [5.74, 6) is 1.43. The predicted molar refractivity (Wildman–Crippen MR) is 127 cm³/mol. The fraction of sp³-hybridized carbons (Fsp3) is 0.682. The van der Waals surface area contributed by atoms with E-state index < -0.39 is 32.3 Å². The Hall–Kier alpha value is -0.513. The van der Waals surface area contributed by atoms with Crippen molar-refractivity contribution in [3.8, 4) is 0 Å². The lowest BCUT2D eigenvalue weighted by Crippen LogP contribution is -2.59. The van der Waals surface area contributed by atoms with Crippen LogP contribution in [-0.2, 0) is 14.3 Å². The van der Waals surface area contributed by atoms with E-state index in [4.69, 9.17) is 9.47 Å². The number of aliphatic hydroxyl groups is 1. The molecule has 3 atom stereocenters. The van der Waals surface area contributed by atoms with Crippen molar-refractivity contribution in [2.24, 2.45) is 0 Å². The Kier molecular flexibility index (Phi) is 6.38. The minimum atomic E-state index is -1.77. The Balaban J connectivity index is 1.45. The summed E-state index contributed by atoms with van der Waals surface area (Å²) in [6.45, 7) is 9.08. The highest BCUT2D eigenvalue weighted by molar-refractivity contribution is 8.21. The van der Waals surface area contributed by atoms with E-state index >= 15 is 0 Å². The average molecular weight is 468 g/mol. The van der Waals surface area contributed by atoms with E-state index in [-0.39, 0.29) is 9.61 Å². The molecular weight excluding hydrogens is 434 g/mol. The zero-order valence-electron chi connectivity index (χ0n) is 18.3. The van der Waals surface area contributed by atoms with Crippen molar-refractivity contribution in [1.82, 2.24) is 4.90 Å². The number of aliphatic hydroxyl groups excluding tert-OH is 1. The van der Waals surface area contributed by atoms with Crippen LogP contribution in [0.4, 0.5) is 0 Å². The van der Waals surface area contributed by atoms with Gasteiger partial charge in [0.25, 0.3) is 5.91 Å². The molecule has 3 aliphatic rings. The van der Waals surface area contributed by atoms with Gasteiger partial charge in [0.2, 0.25) is 0 Å². The quantitative estimate of drug-likeness (QED) is 0.649. The first-order valence-electron chi connectivity index (χ1n) is 10.8. The fourth-order valence-corrected chi connectivity index (χ4v) is 14.2. The Morgan fingerprint density at radius 1 is 1.17 bits per heavy atom. The molecule has 0 aliphatic carbocycles. The molecule has 0 spiro atoms. The van der Waals surface area contributed by atoms with Crippen LogP contribution in [0.15, 0.2) is 30.3 Å². The zero-order chi connectivity index (χ0) is 21.6. The molecule has 3 saturated heterocycles. The molecule has 1 aromatic rings. The highest BCUT2D eigenvalue weighted by Crippen LogP contribution is 2.51. The first-order chi connectivity index (χ1) is 14.2. The second-order valence-electron chi connectivity index (χ2n) is 9.36. The molecule has 5 nitrogen and oxygen atoms in total. The summed E-state index contributed by atoms with van der Waals surface area (Å²) in [6, 6.07) is 11.0. The van der Waals surface area contributed by atoms with Crippen LogP contribution in [0, 0.1) is 0 Å². The Bertz CT molecular complexity index is 770. The number of hydrogen-bond acceptors (Lipinski definition) is 6. The number of ether oxygens (including phenoxy) is 2. The van der Waals surface area contributed by atoms with Crippen LogP contribution in [0.1, 0.15) is 33.1 Å². The van der Waals surface area contributed by atoms with Crippen LogP contribution < -0.4 is 5.19 Å². The van der Waals surface area contributed by atoms with E-state index in [0.717, 1.165) is 12.8 Å². The first kappa shape index (κ1) is 22.7. The molecule has 3 heterocycles. The number of likely N-dealkylation sites (tertiary alicyclic amines) is 1. The molecule has 3 aliphatic heterocycles. The maximum atomic E-state index is 12.8. The van der Waals surface area contributed by atoms with E-state index in [1.54, 1.807) is 18.7 Å². The Labute approximate surface area is 189 Å². The normalized spacial score (nSPS) is 30.5. The van der Waals surface area contributed by atoms with Crippen molar-refractivity contribution >= 4 is 42.7 Å². The van der Waals surface area contributed by atoms with Gasteiger partial charge < -0.3 is 19.5 Å². The van der Waals surface area contributed by atoms with E-state index in [2.05, 4.69) is 66.9 Å². The second-order valence-corrected chi connectivity index (χ2v) is 17.8. The topological polar surface area (TPSA) is 59.0 Å². The van der Waals surface area contributed by atoms with Gasteiger partial charge >= 0.3 is 0 Å². The SMILES string of the molecule is CC1(C)O[C@@H]2[C@@H](O)N(CCCC3([Si](C)(C)c4ccccc4)SCCCS3)C(=O)[C@@H]2O1. The number of amides is 1. The van der Waals surface area contributed by atoms with Crippen LogP contribution in [-0.4, -0.2) is 70.0 Å². The van der Waals surface area contributed by atoms with Crippen molar-refractivity contribution in [2.45, 2.75) is 74.1 Å². The highest BCUT2D eigenvalue weighted by atomic mass is 32.2. The molecule has 166 valence electrons. The van der Waals surface area contributed by atoms with Gasteiger partial charge in [0.05, 0.1) is 3.70 Å². The summed E-state index contributed by atoms with van der Waals surface area (Å²) in [5.41, 5.74) is 0. The van der Waals surface area contributed by atoms with Gasteiger partial charge in [-0.1, -0.05) is 48.6 Å². The molecule has 0 radical (unpaired) electrons. The van der Waals surface area contributed by atoms with Crippen LogP contribution >= 0.6 is 23.5 Å². The van der Waals surface area contributed by atoms with Gasteiger partial charge in [-0.05, 0) is 44.6 Å². The standard InChI is InChI=1S/C22H33NO4S2Si/c1-21(2)26-17-18(27-21)20(25)23(19(17)24)13-8-12-22(28-14-9-15-29-22)30(3,4)16-10-6-5-7-11-16/h5-7,10-11,17-19,24H,8-9,12-15H2,1-4H3/t17-,18+,19+/m0/s1. The highest BCUT2D eigenvalue weighted by Gasteiger charge is 2.57. The zero-order valence-corrected chi connectivity index (χ0v) is 20.9. The van der Waals surface area contributed by atoms with Crippen LogP contribution in [0.25, 0.3) is 0 Å². The third-order valence-electron chi connectivity index (χ3n) is 6.58. The summed E-state index contributed by atoms with van der Waals surface area (Å²) in [4.78, 5) is 14.4. The number of nitrogens with zero attached hydrogens (tertiary/aromatic N) is 1. The molecule has 1 N–H and O–H groups in total. The van der Waals surface area contributed by atoms with Gasteiger partial charge in [0.1, 0.15) is 14.2 Å². The summed E-state index contributed by atoms with van der Waals surface area (Å²) in [7, 11) is -1.77. The Morgan fingerprint density at radius 2 is 1.83 bits per heavy atom. The predicted octanol–water partition coefficient (Wildman–Crippen LogP) is 3.17. The number of thioether (sulfide) groups is 2. The number of carbonyl (C=O) groups excluding carboxylic acids is 1. The van der Waals surface area contributed by atoms with E-state index in [0.29, 0.717) is 6.54 Å². The molecule has 0 aromatic heterocycles. The summed E-state index contributed by atoms with van der Waals surface area (Å²) < 4.78 is 11.7. The third-order valence-corrected chi connectivity index (χ3v) is 17.5. The van der Waals surface area contributed by atoms with Gasteiger partial charge in [-0.25, -0.2) is 0 Å². The molecule has 1 aromatic carbocycles. The molecule has 0 unspecified atom stereocenters. The minimum Gasteiger partial charge on any atom is -0.371 e. The molecule has 30 heavy (non-hydrogen) atoms. The van der Waals surface area contributed by atoms with Gasteiger partial charge in [0, 0.05) is 6.54 Å². The van der Waals surface area contributed by atoms with Crippen LogP contribution in [0.5, 0.6) is 0 Å². The number of hydrogen-bond donors (Lipinski definition) is 1. The van der Waals surface area contributed by atoms with Crippen molar-refractivity contribution in [1.29, 1.82) is 0 Å². The molecule has 3 fully saturated rings. The van der Waals surface area contributed by atoms with E-state index in [9.17, 15) is 9.90 Å². The largest absolute Gasteiger partial charge is 0.371 e. The smallest absolute Gasteiger partial charge is 0.256 e. The molecule has 1 amide bonds. The lowest BCUT2D eigenvalue weighted by atomic mass is 10.2. The average Bonchev–Trinajstić information content (AvgIpc) is 3.16. The number of rotatable bonds is 6. The van der Waals surface area contributed by atoms with Gasteiger partial charge in [-0.2, -0.15) is 0 Å². The van der Waals surface area contributed by atoms with Gasteiger partial charge in [-0.3, -0.25) is 4.79 Å². The number of carbonyl (C=O) groups is 1. The molecule has 0 bridgehead atoms. The fourth-order valence-electron chi connectivity index (χ4n) is 4.86. The third kappa shape index (κ3) is 3.99. The van der Waals surface area contributed by atoms with Crippen molar-refractivity contribution < 1.29 is 19.4 Å². The lowest BCUT2D eigenvalue weighted by molar-refractivity contribution is -0.186. The van der Waals surface area contributed by atoms with Crippen LogP contribution in [0.3, 0.4) is 0 Å². The number of fused-ring (bicyclic) bond motifs is 1. The van der Waals surface area contributed by atoms with Crippen LogP contribution in [0.2, 0.25) is 13.1 Å². The molecule has 4 rings (SSSR count). The summed E-state index contributed by atoms with van der Waals surface area (Å²) in [6.07, 6.45) is 0.969. The Morgan fingerprint density at radius 3 is 2.47 bits per heavy atom. The maximum Gasteiger partial charge on any atom is 0.256 e. The maximum absolute atomic E-state index is 12.8. The first-order valence-corrected chi connectivity index (χ1v) is 15.8. The molecule has 8 heteroatoms. The van der Waals surface area contributed by atoms with Gasteiger partial charge in [-0.15, -0.1) is 23.5 Å². The molecule has 0 saturated carbocycles. The second kappa shape index (κ2) is 8.44. The molecular formula is C22H33NO4S2Si. The van der Waals surface area contributed by atoms with Crippen molar-refractivity contribution in [3.63, 3.8) is 0 Å². The monoisotopic (exact) mass is 467 g/mol. The van der Waals surface area contributed by atoms with Gasteiger partial charge in [0.15, 0.2) is 18.1 Å². The minimum absolute atomic E-state index is 0.143. The van der Waals surface area contributed by atoms with Crippen molar-refractivity contribution in [2.75, 3.05) is 18.1 Å². The van der Waals surface area contributed by atoms with Crippen molar-refractivity contribution in [3.05, 3.63) is 30.3 Å². The summed E-state index contributed by atoms with van der Waals surface area (Å²) in [5, 5.41) is 12.2. The van der Waals surface area contributed by atoms with E-state index in [1.165, 1.54) is 23.1 Å². The lowest BCUT2D eigenvalue weighted by Gasteiger charge is -2.47. The van der Waals surface area contributed by atoms with E-state index in [1.807, 2.05) is 0 Å². The summed E-state index contributed by atoms with van der Waals surface area (Å²) >= 11 is 4.24.